The third-order valence-electron chi connectivity index (χ3n) is 6.22. The van der Waals surface area contributed by atoms with Crippen molar-refractivity contribution in [2.45, 2.75) is 44.2 Å². The molecule has 2 bridgehead atoms. The number of carbonyl (C=O) groups excluding carboxylic acids is 2. The van der Waals surface area contributed by atoms with Gasteiger partial charge in [-0.05, 0) is 37.5 Å². The van der Waals surface area contributed by atoms with Crippen LogP contribution < -0.4 is 5.32 Å². The number of nitrogens with zero attached hydrogens (tertiary/aromatic N) is 2. The fourth-order valence-electron chi connectivity index (χ4n) is 5.23. The monoisotopic (exact) mass is 369 g/mol. The zero-order valence-corrected chi connectivity index (χ0v) is 15.3. The third kappa shape index (κ3) is 3.69. The fourth-order valence-corrected chi connectivity index (χ4v) is 6.90. The molecular formula is C17H27N3O4S. The molecule has 4 aliphatic heterocycles. The topological polar surface area (TPSA) is 86.8 Å². The highest BCUT2D eigenvalue weighted by Crippen LogP contribution is 2.37. The largest absolute Gasteiger partial charge is 0.351 e. The highest BCUT2D eigenvalue weighted by atomic mass is 32.2. The van der Waals surface area contributed by atoms with E-state index < -0.39 is 9.84 Å². The molecule has 0 saturated carbocycles. The molecular weight excluding hydrogens is 342 g/mol. The van der Waals surface area contributed by atoms with E-state index in [-0.39, 0.29) is 23.5 Å². The number of carbonyl (C=O) groups is 2. The summed E-state index contributed by atoms with van der Waals surface area (Å²) in [6.07, 6.45) is 4.44. The summed E-state index contributed by atoms with van der Waals surface area (Å²) in [7, 11) is -2.97. The molecule has 0 aliphatic carbocycles. The standard InChI is InChI=1S/C17H27N3O4S/c21-16(18-14-4-5-25(23,24)11-14)10-19-7-12-6-13(9-19)15-2-1-3-17(22)20(15)8-12/h12-15H,1-11H2,(H,18,21)/t12-,13+,14?,15+/m0/s1. The highest BCUT2D eigenvalue weighted by molar-refractivity contribution is 7.91. The average molecular weight is 369 g/mol. The van der Waals surface area contributed by atoms with Crippen molar-refractivity contribution in [2.24, 2.45) is 11.8 Å². The van der Waals surface area contributed by atoms with Crippen LogP contribution >= 0.6 is 0 Å². The van der Waals surface area contributed by atoms with Gasteiger partial charge < -0.3 is 10.2 Å². The maximum absolute atomic E-state index is 12.3. The Morgan fingerprint density at radius 1 is 1.20 bits per heavy atom. The van der Waals surface area contributed by atoms with Crippen LogP contribution in [0.3, 0.4) is 0 Å². The lowest BCUT2D eigenvalue weighted by molar-refractivity contribution is -0.145. The fraction of sp³-hybridized carbons (Fsp3) is 0.882. The van der Waals surface area contributed by atoms with Crippen LogP contribution in [0.2, 0.25) is 0 Å². The van der Waals surface area contributed by atoms with Crippen molar-refractivity contribution in [3.8, 4) is 0 Å². The zero-order chi connectivity index (χ0) is 17.6. The van der Waals surface area contributed by atoms with E-state index in [4.69, 9.17) is 0 Å². The number of sulfone groups is 1. The van der Waals surface area contributed by atoms with Crippen molar-refractivity contribution in [3.63, 3.8) is 0 Å². The lowest BCUT2D eigenvalue weighted by atomic mass is 9.76. The van der Waals surface area contributed by atoms with Gasteiger partial charge in [0.2, 0.25) is 11.8 Å². The molecule has 0 aromatic heterocycles. The van der Waals surface area contributed by atoms with Crippen molar-refractivity contribution in [3.05, 3.63) is 0 Å². The third-order valence-corrected chi connectivity index (χ3v) is 7.99. The van der Waals surface area contributed by atoms with E-state index >= 15 is 0 Å². The van der Waals surface area contributed by atoms with Gasteiger partial charge in [0.15, 0.2) is 9.84 Å². The molecule has 0 aromatic rings. The van der Waals surface area contributed by atoms with Crippen LogP contribution in [0, 0.1) is 11.8 Å². The van der Waals surface area contributed by atoms with Gasteiger partial charge in [0.1, 0.15) is 0 Å². The molecule has 4 saturated heterocycles. The maximum atomic E-state index is 12.3. The Kier molecular flexibility index (Phi) is 4.52. The Morgan fingerprint density at radius 2 is 2.04 bits per heavy atom. The Balaban J connectivity index is 1.33. The van der Waals surface area contributed by atoms with Gasteiger partial charge in [-0.1, -0.05) is 0 Å². The predicted octanol–water partition coefficient (Wildman–Crippen LogP) is -0.377. The Labute approximate surface area is 149 Å². The Morgan fingerprint density at radius 3 is 2.80 bits per heavy atom. The molecule has 8 heteroatoms. The van der Waals surface area contributed by atoms with E-state index in [2.05, 4.69) is 15.1 Å². The van der Waals surface area contributed by atoms with Crippen LogP contribution in [-0.2, 0) is 19.4 Å². The van der Waals surface area contributed by atoms with Gasteiger partial charge in [0.25, 0.3) is 0 Å². The van der Waals surface area contributed by atoms with Crippen LogP contribution in [0.4, 0.5) is 0 Å². The van der Waals surface area contributed by atoms with E-state index in [1.54, 1.807) is 0 Å². The predicted molar refractivity (Wildman–Crippen MR) is 92.6 cm³/mol. The lowest BCUT2D eigenvalue weighted by Gasteiger charge is -2.52. The van der Waals surface area contributed by atoms with Gasteiger partial charge in [-0.2, -0.15) is 0 Å². The molecule has 2 amide bonds. The summed E-state index contributed by atoms with van der Waals surface area (Å²) in [4.78, 5) is 28.8. The van der Waals surface area contributed by atoms with Crippen LogP contribution in [0.1, 0.15) is 32.1 Å². The molecule has 0 aromatic carbocycles. The van der Waals surface area contributed by atoms with Gasteiger partial charge in [-0.25, -0.2) is 8.42 Å². The van der Waals surface area contributed by atoms with Crippen LogP contribution in [-0.4, -0.2) is 79.8 Å². The number of amides is 2. The zero-order valence-electron chi connectivity index (χ0n) is 14.5. The first-order valence-electron chi connectivity index (χ1n) is 9.41. The van der Waals surface area contributed by atoms with Gasteiger partial charge in [0.05, 0.1) is 18.1 Å². The summed E-state index contributed by atoms with van der Waals surface area (Å²) in [5.41, 5.74) is 0. The molecule has 0 spiro atoms. The second kappa shape index (κ2) is 6.54. The molecule has 4 rings (SSSR count). The van der Waals surface area contributed by atoms with Gasteiger partial charge in [0, 0.05) is 38.1 Å². The number of fused-ring (bicyclic) bond motifs is 4. The van der Waals surface area contributed by atoms with Crippen LogP contribution in [0.5, 0.6) is 0 Å². The highest BCUT2D eigenvalue weighted by Gasteiger charge is 2.44. The summed E-state index contributed by atoms with van der Waals surface area (Å²) >= 11 is 0. The van der Waals surface area contributed by atoms with Crippen LogP contribution in [0.25, 0.3) is 0 Å². The van der Waals surface area contributed by atoms with Crippen molar-refractivity contribution in [2.75, 3.05) is 37.7 Å². The summed E-state index contributed by atoms with van der Waals surface area (Å²) < 4.78 is 23.0. The smallest absolute Gasteiger partial charge is 0.234 e. The van der Waals surface area contributed by atoms with Crippen molar-refractivity contribution in [1.82, 2.24) is 15.1 Å². The van der Waals surface area contributed by atoms with E-state index in [1.165, 1.54) is 0 Å². The maximum Gasteiger partial charge on any atom is 0.234 e. The van der Waals surface area contributed by atoms with Gasteiger partial charge in [-0.15, -0.1) is 0 Å². The molecule has 0 radical (unpaired) electrons. The van der Waals surface area contributed by atoms with Crippen molar-refractivity contribution >= 4 is 21.7 Å². The van der Waals surface area contributed by atoms with E-state index in [9.17, 15) is 18.0 Å². The first kappa shape index (κ1) is 17.3. The number of piperidine rings is 3. The van der Waals surface area contributed by atoms with Gasteiger partial charge >= 0.3 is 0 Å². The second-order valence-electron chi connectivity index (χ2n) is 8.23. The number of hydrogen-bond acceptors (Lipinski definition) is 5. The Hall–Kier alpha value is -1.15. The van der Waals surface area contributed by atoms with Crippen molar-refractivity contribution in [1.29, 1.82) is 0 Å². The van der Waals surface area contributed by atoms with E-state index in [0.717, 1.165) is 38.9 Å². The Bertz CT molecular complexity index is 665. The molecule has 140 valence electrons. The van der Waals surface area contributed by atoms with Gasteiger partial charge in [-0.3, -0.25) is 14.5 Å². The number of hydrogen-bond donors (Lipinski definition) is 1. The second-order valence-corrected chi connectivity index (χ2v) is 10.5. The molecule has 7 nitrogen and oxygen atoms in total. The summed E-state index contributed by atoms with van der Waals surface area (Å²) in [5, 5.41) is 2.89. The quantitative estimate of drug-likeness (QED) is 0.733. The minimum absolute atomic E-state index is 0.0707. The summed E-state index contributed by atoms with van der Waals surface area (Å²) in [6, 6.07) is 0.122. The number of likely N-dealkylation sites (tertiary alicyclic amines) is 1. The normalized spacial score (nSPS) is 37.6. The molecule has 4 heterocycles. The minimum Gasteiger partial charge on any atom is -0.351 e. The number of rotatable bonds is 3. The molecule has 25 heavy (non-hydrogen) atoms. The van der Waals surface area contributed by atoms with Crippen LogP contribution in [0.15, 0.2) is 0 Å². The first-order chi connectivity index (χ1) is 11.9. The molecule has 4 aliphatic rings. The number of nitrogens with one attached hydrogen (secondary N) is 1. The molecule has 1 N–H and O–H groups in total. The van der Waals surface area contributed by atoms with E-state index in [1.807, 2.05) is 0 Å². The first-order valence-corrected chi connectivity index (χ1v) is 11.2. The summed E-state index contributed by atoms with van der Waals surface area (Å²) in [5.74, 6) is 1.41. The SMILES string of the molecule is O=C(CN1C[C@@H]2C[C@H](C1)[C@H]1CCCC(=O)N1C2)NC1CCS(=O)(=O)C1. The molecule has 4 atom stereocenters. The summed E-state index contributed by atoms with van der Waals surface area (Å²) in [6.45, 7) is 2.88. The average Bonchev–Trinajstić information content (AvgIpc) is 2.87. The van der Waals surface area contributed by atoms with Crippen molar-refractivity contribution < 1.29 is 18.0 Å². The minimum atomic E-state index is -2.97. The molecule has 4 fully saturated rings. The lowest BCUT2D eigenvalue weighted by Crippen LogP contribution is -2.61. The molecule has 1 unspecified atom stereocenters. The van der Waals surface area contributed by atoms with E-state index in [0.29, 0.717) is 43.2 Å².